The summed E-state index contributed by atoms with van der Waals surface area (Å²) < 4.78 is 1.98. The number of aromatic nitrogens is 3. The van der Waals surface area contributed by atoms with E-state index in [1.165, 1.54) is 32.4 Å². The molecule has 1 aromatic rings. The molecule has 1 unspecified atom stereocenters. The van der Waals surface area contributed by atoms with Gasteiger partial charge in [0.2, 0.25) is 0 Å². The van der Waals surface area contributed by atoms with Gasteiger partial charge >= 0.3 is 0 Å². The standard InChI is InChI=1S/C19H32N6O/c1-15-18(21-22-25(15)17-5-8-20-9-6-17)19(26)24-12-7-16(14-24)13-23-10-3-2-4-11-23/h16-17,20H,2-14H2,1H3. The van der Waals surface area contributed by atoms with E-state index < -0.39 is 0 Å². The Balaban J connectivity index is 1.36. The maximum atomic E-state index is 13.0. The zero-order valence-corrected chi connectivity index (χ0v) is 16.0. The van der Waals surface area contributed by atoms with Gasteiger partial charge in [-0.25, -0.2) is 4.68 Å². The Kier molecular flexibility index (Phi) is 5.55. The lowest BCUT2D eigenvalue weighted by Gasteiger charge is -2.28. The molecule has 0 aromatic carbocycles. The van der Waals surface area contributed by atoms with Crippen molar-refractivity contribution in [1.29, 1.82) is 0 Å². The predicted molar refractivity (Wildman–Crippen MR) is 100 cm³/mol. The first-order valence-electron chi connectivity index (χ1n) is 10.4. The molecular formula is C19H32N6O. The largest absolute Gasteiger partial charge is 0.337 e. The SMILES string of the molecule is Cc1c(C(=O)N2CCC(CN3CCCCC3)C2)nnn1C1CCNCC1. The molecule has 0 radical (unpaired) electrons. The van der Waals surface area contributed by atoms with E-state index in [4.69, 9.17) is 0 Å². The number of likely N-dealkylation sites (tertiary alicyclic amines) is 2. The minimum absolute atomic E-state index is 0.0730. The summed E-state index contributed by atoms with van der Waals surface area (Å²) in [4.78, 5) is 17.6. The second-order valence-electron chi connectivity index (χ2n) is 8.22. The maximum absolute atomic E-state index is 13.0. The highest BCUT2D eigenvalue weighted by Crippen LogP contribution is 2.24. The maximum Gasteiger partial charge on any atom is 0.276 e. The van der Waals surface area contributed by atoms with E-state index in [0.717, 1.165) is 57.7 Å². The van der Waals surface area contributed by atoms with E-state index in [-0.39, 0.29) is 5.91 Å². The fraction of sp³-hybridized carbons (Fsp3) is 0.842. The Hall–Kier alpha value is -1.47. The summed E-state index contributed by atoms with van der Waals surface area (Å²) in [5.74, 6) is 0.681. The molecule has 144 valence electrons. The topological polar surface area (TPSA) is 66.3 Å². The van der Waals surface area contributed by atoms with Crippen LogP contribution >= 0.6 is 0 Å². The van der Waals surface area contributed by atoms with E-state index in [9.17, 15) is 4.79 Å². The molecule has 7 heteroatoms. The van der Waals surface area contributed by atoms with Gasteiger partial charge in [0, 0.05) is 19.6 Å². The second kappa shape index (κ2) is 8.05. The van der Waals surface area contributed by atoms with Crippen molar-refractivity contribution >= 4 is 5.91 Å². The van der Waals surface area contributed by atoms with Crippen LogP contribution in [0.4, 0.5) is 0 Å². The average molecular weight is 361 g/mol. The first-order chi connectivity index (χ1) is 12.7. The van der Waals surface area contributed by atoms with Crippen molar-refractivity contribution in [3.8, 4) is 0 Å². The molecule has 1 aromatic heterocycles. The Bertz CT molecular complexity index is 618. The first-order valence-corrected chi connectivity index (χ1v) is 10.4. The van der Waals surface area contributed by atoms with Gasteiger partial charge in [-0.1, -0.05) is 11.6 Å². The molecule has 1 amide bonds. The Morgan fingerprint density at radius 3 is 2.65 bits per heavy atom. The number of amides is 1. The van der Waals surface area contributed by atoms with Crippen LogP contribution in [0.5, 0.6) is 0 Å². The van der Waals surface area contributed by atoms with Crippen LogP contribution in [0.2, 0.25) is 0 Å². The minimum atomic E-state index is 0.0730. The number of hydrogen-bond donors (Lipinski definition) is 1. The first kappa shape index (κ1) is 17.9. The lowest BCUT2D eigenvalue weighted by molar-refractivity contribution is 0.0775. The number of piperidine rings is 2. The second-order valence-corrected chi connectivity index (χ2v) is 8.22. The summed E-state index contributed by atoms with van der Waals surface area (Å²) in [6.07, 6.45) is 7.25. The van der Waals surface area contributed by atoms with E-state index in [2.05, 4.69) is 20.5 Å². The fourth-order valence-corrected chi connectivity index (χ4v) is 4.76. The van der Waals surface area contributed by atoms with Crippen LogP contribution in [-0.2, 0) is 0 Å². The third kappa shape index (κ3) is 3.78. The number of rotatable bonds is 4. The molecule has 0 aliphatic carbocycles. The van der Waals surface area contributed by atoms with Crippen molar-refractivity contribution in [2.75, 3.05) is 45.8 Å². The van der Waals surface area contributed by atoms with Gasteiger partial charge < -0.3 is 15.1 Å². The molecule has 1 atom stereocenters. The van der Waals surface area contributed by atoms with Crippen molar-refractivity contribution in [2.24, 2.45) is 5.92 Å². The van der Waals surface area contributed by atoms with E-state index >= 15 is 0 Å². The lowest BCUT2D eigenvalue weighted by Crippen LogP contribution is -2.36. The van der Waals surface area contributed by atoms with Gasteiger partial charge in [-0.2, -0.15) is 0 Å². The zero-order valence-electron chi connectivity index (χ0n) is 16.0. The molecule has 0 bridgehead atoms. The van der Waals surface area contributed by atoms with Crippen molar-refractivity contribution < 1.29 is 4.79 Å². The Morgan fingerprint density at radius 1 is 1.12 bits per heavy atom. The van der Waals surface area contributed by atoms with Gasteiger partial charge in [-0.05, 0) is 71.1 Å². The van der Waals surface area contributed by atoms with Crippen molar-refractivity contribution in [1.82, 2.24) is 30.1 Å². The number of carbonyl (C=O) groups is 1. The Labute approximate surface area is 156 Å². The normalized spacial score (nSPS) is 25.7. The molecule has 3 aliphatic rings. The van der Waals surface area contributed by atoms with Crippen LogP contribution in [-0.4, -0.2) is 76.5 Å². The molecule has 4 heterocycles. The van der Waals surface area contributed by atoms with Crippen LogP contribution < -0.4 is 5.32 Å². The summed E-state index contributed by atoms with van der Waals surface area (Å²) in [5, 5.41) is 12.0. The van der Waals surface area contributed by atoms with Gasteiger partial charge in [0.1, 0.15) is 0 Å². The van der Waals surface area contributed by atoms with Crippen LogP contribution in [0, 0.1) is 12.8 Å². The quantitative estimate of drug-likeness (QED) is 0.881. The number of nitrogens with one attached hydrogen (secondary N) is 1. The molecular weight excluding hydrogens is 328 g/mol. The van der Waals surface area contributed by atoms with Gasteiger partial charge in [-0.15, -0.1) is 5.10 Å². The van der Waals surface area contributed by atoms with Crippen molar-refractivity contribution in [3.05, 3.63) is 11.4 Å². The van der Waals surface area contributed by atoms with Crippen molar-refractivity contribution in [3.63, 3.8) is 0 Å². The highest BCUT2D eigenvalue weighted by molar-refractivity contribution is 5.93. The highest BCUT2D eigenvalue weighted by Gasteiger charge is 2.31. The average Bonchev–Trinajstić information content (AvgIpc) is 3.30. The molecule has 3 aliphatic heterocycles. The molecule has 3 fully saturated rings. The predicted octanol–water partition coefficient (Wildman–Crippen LogP) is 1.46. The Morgan fingerprint density at radius 2 is 1.88 bits per heavy atom. The molecule has 1 N–H and O–H groups in total. The highest BCUT2D eigenvalue weighted by atomic mass is 16.2. The van der Waals surface area contributed by atoms with Gasteiger partial charge in [0.05, 0.1) is 11.7 Å². The van der Waals surface area contributed by atoms with Crippen molar-refractivity contribution in [2.45, 2.75) is 51.5 Å². The number of hydrogen-bond acceptors (Lipinski definition) is 5. The molecule has 26 heavy (non-hydrogen) atoms. The summed E-state index contributed by atoms with van der Waals surface area (Å²) >= 11 is 0. The molecule has 7 nitrogen and oxygen atoms in total. The van der Waals surface area contributed by atoms with E-state index in [0.29, 0.717) is 17.7 Å². The smallest absolute Gasteiger partial charge is 0.276 e. The lowest BCUT2D eigenvalue weighted by atomic mass is 10.1. The van der Waals surface area contributed by atoms with Gasteiger partial charge in [-0.3, -0.25) is 4.79 Å². The van der Waals surface area contributed by atoms with Gasteiger partial charge in [0.15, 0.2) is 5.69 Å². The summed E-state index contributed by atoms with van der Waals surface area (Å²) in [6.45, 7) is 9.35. The zero-order chi connectivity index (χ0) is 17.9. The molecule has 3 saturated heterocycles. The summed E-state index contributed by atoms with van der Waals surface area (Å²) in [5.41, 5.74) is 1.49. The fourth-order valence-electron chi connectivity index (χ4n) is 4.76. The monoisotopic (exact) mass is 360 g/mol. The number of carbonyl (C=O) groups excluding carboxylic acids is 1. The third-order valence-corrected chi connectivity index (χ3v) is 6.32. The summed E-state index contributed by atoms with van der Waals surface area (Å²) in [7, 11) is 0. The molecule has 4 rings (SSSR count). The van der Waals surface area contributed by atoms with Crippen LogP contribution in [0.15, 0.2) is 0 Å². The minimum Gasteiger partial charge on any atom is -0.337 e. The molecule has 0 spiro atoms. The van der Waals surface area contributed by atoms with Crippen LogP contribution in [0.1, 0.15) is 60.7 Å². The van der Waals surface area contributed by atoms with E-state index in [1.54, 1.807) is 0 Å². The molecule has 0 saturated carbocycles. The van der Waals surface area contributed by atoms with Crippen LogP contribution in [0.3, 0.4) is 0 Å². The third-order valence-electron chi connectivity index (χ3n) is 6.32. The van der Waals surface area contributed by atoms with Crippen LogP contribution in [0.25, 0.3) is 0 Å². The van der Waals surface area contributed by atoms with Gasteiger partial charge in [0.25, 0.3) is 5.91 Å². The number of nitrogens with zero attached hydrogens (tertiary/aromatic N) is 5. The summed E-state index contributed by atoms with van der Waals surface area (Å²) in [6, 6.07) is 0.371. The van der Waals surface area contributed by atoms with E-state index in [1.807, 2.05) is 16.5 Å².